The van der Waals surface area contributed by atoms with E-state index in [-0.39, 0.29) is 18.6 Å². The molecule has 0 saturated heterocycles. The predicted octanol–water partition coefficient (Wildman–Crippen LogP) is 1.52. The Labute approximate surface area is 120 Å². The van der Waals surface area contributed by atoms with E-state index >= 15 is 0 Å². The Morgan fingerprint density at radius 1 is 1.40 bits per heavy atom. The van der Waals surface area contributed by atoms with Crippen LogP contribution in [-0.2, 0) is 0 Å². The SMILES string of the molecule is CN(C)c1cc(C(=O)N(CCO)C2CCCC2)ccn1. The van der Waals surface area contributed by atoms with Gasteiger partial charge in [-0.05, 0) is 25.0 Å². The first kappa shape index (κ1) is 14.8. The number of amides is 1. The fraction of sp³-hybridized carbons (Fsp3) is 0.600. The lowest BCUT2D eigenvalue weighted by Gasteiger charge is -2.28. The predicted molar refractivity (Wildman–Crippen MR) is 78.9 cm³/mol. The van der Waals surface area contributed by atoms with Crippen molar-refractivity contribution in [1.29, 1.82) is 0 Å². The zero-order valence-corrected chi connectivity index (χ0v) is 12.2. The van der Waals surface area contributed by atoms with Gasteiger partial charge < -0.3 is 14.9 Å². The van der Waals surface area contributed by atoms with E-state index in [1.807, 2.05) is 30.0 Å². The standard InChI is InChI=1S/C15H23N3O2/c1-17(2)14-11-12(7-8-16-14)15(20)18(9-10-19)13-5-3-4-6-13/h7-8,11,13,19H,3-6,9-10H2,1-2H3. The van der Waals surface area contributed by atoms with E-state index in [2.05, 4.69) is 4.98 Å². The molecule has 1 heterocycles. The summed E-state index contributed by atoms with van der Waals surface area (Å²) >= 11 is 0. The van der Waals surface area contributed by atoms with Crippen LogP contribution < -0.4 is 4.90 Å². The molecule has 20 heavy (non-hydrogen) atoms. The molecule has 0 unspecified atom stereocenters. The van der Waals surface area contributed by atoms with Gasteiger partial charge in [-0.1, -0.05) is 12.8 Å². The number of carbonyl (C=O) groups is 1. The first-order chi connectivity index (χ1) is 9.63. The third kappa shape index (κ3) is 3.28. The molecule has 1 fully saturated rings. The van der Waals surface area contributed by atoms with E-state index in [0.29, 0.717) is 12.1 Å². The molecule has 0 spiro atoms. The first-order valence-electron chi connectivity index (χ1n) is 7.18. The van der Waals surface area contributed by atoms with E-state index in [4.69, 9.17) is 0 Å². The summed E-state index contributed by atoms with van der Waals surface area (Å²) in [5.74, 6) is 0.766. The lowest BCUT2D eigenvalue weighted by molar-refractivity contribution is 0.0638. The van der Waals surface area contributed by atoms with Crippen molar-refractivity contribution in [2.24, 2.45) is 0 Å². The number of rotatable bonds is 5. The van der Waals surface area contributed by atoms with Gasteiger partial charge in [-0.25, -0.2) is 4.98 Å². The molecule has 1 amide bonds. The average molecular weight is 277 g/mol. The molecule has 0 aliphatic heterocycles. The minimum atomic E-state index is -0.00329. The molecule has 0 aromatic carbocycles. The molecule has 1 aliphatic carbocycles. The Balaban J connectivity index is 2.20. The summed E-state index contributed by atoms with van der Waals surface area (Å²) in [6.07, 6.45) is 6.07. The number of hydrogen-bond acceptors (Lipinski definition) is 4. The zero-order valence-electron chi connectivity index (χ0n) is 12.2. The largest absolute Gasteiger partial charge is 0.395 e. The molecule has 0 radical (unpaired) electrons. The van der Waals surface area contributed by atoms with Crippen LogP contribution in [0, 0.1) is 0 Å². The number of anilines is 1. The minimum absolute atomic E-state index is 0.00329. The van der Waals surface area contributed by atoms with Gasteiger partial charge in [0.25, 0.3) is 5.91 Å². The van der Waals surface area contributed by atoms with Crippen molar-refractivity contribution >= 4 is 11.7 Å². The maximum absolute atomic E-state index is 12.7. The summed E-state index contributed by atoms with van der Waals surface area (Å²) < 4.78 is 0. The highest BCUT2D eigenvalue weighted by Gasteiger charge is 2.27. The van der Waals surface area contributed by atoms with Crippen molar-refractivity contribution in [2.45, 2.75) is 31.7 Å². The molecule has 5 nitrogen and oxygen atoms in total. The van der Waals surface area contributed by atoms with Gasteiger partial charge >= 0.3 is 0 Å². The Morgan fingerprint density at radius 3 is 2.70 bits per heavy atom. The summed E-state index contributed by atoms with van der Waals surface area (Å²) in [5, 5.41) is 9.22. The van der Waals surface area contributed by atoms with Crippen molar-refractivity contribution < 1.29 is 9.90 Å². The molecule has 1 saturated carbocycles. The third-order valence-electron chi connectivity index (χ3n) is 3.82. The normalized spacial score (nSPS) is 15.3. The average Bonchev–Trinajstić information content (AvgIpc) is 2.98. The number of pyridine rings is 1. The summed E-state index contributed by atoms with van der Waals surface area (Å²) in [4.78, 5) is 20.6. The monoisotopic (exact) mass is 277 g/mol. The van der Waals surface area contributed by atoms with Crippen LogP contribution in [0.3, 0.4) is 0 Å². The van der Waals surface area contributed by atoms with Crippen molar-refractivity contribution in [2.75, 3.05) is 32.1 Å². The molecule has 1 aromatic rings. The van der Waals surface area contributed by atoms with E-state index in [0.717, 1.165) is 18.7 Å². The number of aromatic nitrogens is 1. The topological polar surface area (TPSA) is 56.7 Å². The molecular weight excluding hydrogens is 254 g/mol. The second kappa shape index (κ2) is 6.70. The van der Waals surface area contributed by atoms with Gasteiger partial charge in [0, 0.05) is 38.4 Å². The summed E-state index contributed by atoms with van der Waals surface area (Å²) in [5.41, 5.74) is 0.643. The van der Waals surface area contributed by atoms with Crippen molar-refractivity contribution in [1.82, 2.24) is 9.88 Å². The van der Waals surface area contributed by atoms with E-state index in [9.17, 15) is 9.90 Å². The minimum Gasteiger partial charge on any atom is -0.395 e. The van der Waals surface area contributed by atoms with Gasteiger partial charge in [0.2, 0.25) is 0 Å². The maximum Gasteiger partial charge on any atom is 0.254 e. The van der Waals surface area contributed by atoms with Gasteiger partial charge in [-0.15, -0.1) is 0 Å². The van der Waals surface area contributed by atoms with Crippen LogP contribution in [0.15, 0.2) is 18.3 Å². The number of carbonyl (C=O) groups excluding carboxylic acids is 1. The summed E-state index contributed by atoms with van der Waals surface area (Å²) in [6.45, 7) is 0.414. The quantitative estimate of drug-likeness (QED) is 0.886. The van der Waals surface area contributed by atoms with Crippen LogP contribution in [0.2, 0.25) is 0 Å². The highest BCUT2D eigenvalue weighted by Crippen LogP contribution is 2.25. The fourth-order valence-corrected chi connectivity index (χ4v) is 2.74. The molecule has 1 N–H and O–H groups in total. The highest BCUT2D eigenvalue weighted by molar-refractivity contribution is 5.95. The van der Waals surface area contributed by atoms with E-state index < -0.39 is 0 Å². The number of hydrogen-bond donors (Lipinski definition) is 1. The van der Waals surface area contributed by atoms with Crippen LogP contribution in [0.4, 0.5) is 5.82 Å². The van der Waals surface area contributed by atoms with Crippen LogP contribution in [0.1, 0.15) is 36.0 Å². The molecule has 1 aromatic heterocycles. The van der Waals surface area contributed by atoms with Gasteiger partial charge in [0.15, 0.2) is 0 Å². The number of nitrogens with zero attached hydrogens (tertiary/aromatic N) is 3. The van der Waals surface area contributed by atoms with Crippen LogP contribution >= 0.6 is 0 Å². The fourth-order valence-electron chi connectivity index (χ4n) is 2.74. The molecule has 1 aliphatic rings. The second-order valence-electron chi connectivity index (χ2n) is 5.46. The molecule has 5 heteroatoms. The highest BCUT2D eigenvalue weighted by atomic mass is 16.3. The zero-order chi connectivity index (χ0) is 14.5. The maximum atomic E-state index is 12.7. The Kier molecular flexibility index (Phi) is 4.95. The van der Waals surface area contributed by atoms with E-state index in [1.165, 1.54) is 12.8 Å². The molecule has 110 valence electrons. The van der Waals surface area contributed by atoms with Crippen molar-refractivity contribution in [3.05, 3.63) is 23.9 Å². The van der Waals surface area contributed by atoms with Crippen LogP contribution in [0.5, 0.6) is 0 Å². The number of aliphatic hydroxyl groups is 1. The number of aliphatic hydroxyl groups excluding tert-OH is 1. The molecule has 2 rings (SSSR count). The van der Waals surface area contributed by atoms with Crippen molar-refractivity contribution in [3.8, 4) is 0 Å². The van der Waals surface area contributed by atoms with Crippen LogP contribution in [0.25, 0.3) is 0 Å². The molecular formula is C15H23N3O2. The third-order valence-corrected chi connectivity index (χ3v) is 3.82. The van der Waals surface area contributed by atoms with Crippen molar-refractivity contribution in [3.63, 3.8) is 0 Å². The lowest BCUT2D eigenvalue weighted by Crippen LogP contribution is -2.40. The van der Waals surface area contributed by atoms with Gasteiger partial charge in [-0.3, -0.25) is 4.79 Å². The van der Waals surface area contributed by atoms with Crippen LogP contribution in [-0.4, -0.2) is 54.2 Å². The summed E-state index contributed by atoms with van der Waals surface area (Å²) in [7, 11) is 3.80. The smallest absolute Gasteiger partial charge is 0.254 e. The van der Waals surface area contributed by atoms with Gasteiger partial charge in [0.1, 0.15) is 5.82 Å². The molecule has 0 atom stereocenters. The van der Waals surface area contributed by atoms with Gasteiger partial charge in [-0.2, -0.15) is 0 Å². The Morgan fingerprint density at radius 2 is 2.10 bits per heavy atom. The first-order valence-corrected chi connectivity index (χ1v) is 7.18. The van der Waals surface area contributed by atoms with E-state index in [1.54, 1.807) is 12.3 Å². The summed E-state index contributed by atoms with van der Waals surface area (Å²) in [6, 6.07) is 3.82. The lowest BCUT2D eigenvalue weighted by atomic mass is 10.1. The second-order valence-corrected chi connectivity index (χ2v) is 5.46. The molecule has 0 bridgehead atoms. The Hall–Kier alpha value is -1.62. The van der Waals surface area contributed by atoms with Gasteiger partial charge in [0.05, 0.1) is 6.61 Å². The Bertz CT molecular complexity index is 456.